The lowest BCUT2D eigenvalue weighted by Crippen LogP contribution is -2.28. The number of ether oxygens (including phenoxy) is 1. The number of benzene rings is 1. The number of hydrogen-bond donors (Lipinski definition) is 1. The molecule has 0 bridgehead atoms. The van der Waals surface area contributed by atoms with Gasteiger partial charge < -0.3 is 10.1 Å². The lowest BCUT2D eigenvalue weighted by Gasteiger charge is -2.23. The van der Waals surface area contributed by atoms with E-state index in [9.17, 15) is 9.59 Å². The molecule has 1 aliphatic rings. The molecule has 1 N–H and O–H groups in total. The molecule has 0 spiro atoms. The predicted molar refractivity (Wildman–Crippen MR) is 80.1 cm³/mol. The SMILES string of the molecule is O=C(C[C@@H]1CC(=O)Oc2ccccc21)NCc1ccccn1. The molecule has 2 heterocycles. The highest BCUT2D eigenvalue weighted by molar-refractivity contribution is 5.81. The maximum absolute atomic E-state index is 12.1. The van der Waals surface area contributed by atoms with E-state index < -0.39 is 0 Å². The second-order valence-electron chi connectivity index (χ2n) is 5.21. The van der Waals surface area contributed by atoms with Crippen LogP contribution in [0.15, 0.2) is 48.7 Å². The molecule has 0 saturated heterocycles. The Morgan fingerprint density at radius 1 is 1.23 bits per heavy atom. The van der Waals surface area contributed by atoms with Gasteiger partial charge in [-0.2, -0.15) is 0 Å². The molecular formula is C17H16N2O3. The molecule has 0 saturated carbocycles. The number of hydrogen-bond acceptors (Lipinski definition) is 4. The molecule has 112 valence electrons. The number of fused-ring (bicyclic) bond motifs is 1. The van der Waals surface area contributed by atoms with E-state index >= 15 is 0 Å². The molecule has 1 aromatic heterocycles. The van der Waals surface area contributed by atoms with Crippen LogP contribution in [0.1, 0.15) is 30.0 Å². The summed E-state index contributed by atoms with van der Waals surface area (Å²) in [6.45, 7) is 0.387. The summed E-state index contributed by atoms with van der Waals surface area (Å²) in [6, 6.07) is 12.9. The monoisotopic (exact) mass is 296 g/mol. The first-order valence-electron chi connectivity index (χ1n) is 7.18. The first-order valence-corrected chi connectivity index (χ1v) is 7.18. The van der Waals surface area contributed by atoms with Crippen LogP contribution < -0.4 is 10.1 Å². The van der Waals surface area contributed by atoms with Gasteiger partial charge in [0.25, 0.3) is 0 Å². The van der Waals surface area contributed by atoms with Crippen molar-refractivity contribution in [2.24, 2.45) is 0 Å². The van der Waals surface area contributed by atoms with E-state index in [0.29, 0.717) is 12.3 Å². The average molecular weight is 296 g/mol. The fraction of sp³-hybridized carbons (Fsp3) is 0.235. The Bertz CT molecular complexity index is 685. The molecule has 1 atom stereocenters. The molecule has 1 aromatic carbocycles. The number of amides is 1. The molecule has 0 radical (unpaired) electrons. The number of pyridine rings is 1. The van der Waals surface area contributed by atoms with Crippen LogP contribution in [0.2, 0.25) is 0 Å². The Morgan fingerprint density at radius 3 is 2.86 bits per heavy atom. The number of aromatic nitrogens is 1. The van der Waals surface area contributed by atoms with E-state index in [1.807, 2.05) is 36.4 Å². The van der Waals surface area contributed by atoms with Gasteiger partial charge in [0.2, 0.25) is 5.91 Å². The van der Waals surface area contributed by atoms with Crippen LogP contribution in [0, 0.1) is 0 Å². The minimum absolute atomic E-state index is 0.0971. The number of nitrogens with zero attached hydrogens (tertiary/aromatic N) is 1. The van der Waals surface area contributed by atoms with Crippen molar-refractivity contribution < 1.29 is 14.3 Å². The van der Waals surface area contributed by atoms with Crippen LogP contribution in [0.25, 0.3) is 0 Å². The summed E-state index contributed by atoms with van der Waals surface area (Å²) in [7, 11) is 0. The van der Waals surface area contributed by atoms with Crippen LogP contribution in [0.4, 0.5) is 0 Å². The Morgan fingerprint density at radius 2 is 2.05 bits per heavy atom. The van der Waals surface area contributed by atoms with Gasteiger partial charge in [-0.3, -0.25) is 14.6 Å². The number of rotatable bonds is 4. The van der Waals surface area contributed by atoms with Crippen molar-refractivity contribution >= 4 is 11.9 Å². The van der Waals surface area contributed by atoms with Gasteiger partial charge in [-0.25, -0.2) is 0 Å². The third-order valence-electron chi connectivity index (χ3n) is 3.62. The quantitative estimate of drug-likeness (QED) is 0.693. The van der Waals surface area contributed by atoms with E-state index in [-0.39, 0.29) is 30.6 Å². The van der Waals surface area contributed by atoms with Crippen molar-refractivity contribution in [3.63, 3.8) is 0 Å². The second kappa shape index (κ2) is 6.39. The molecule has 3 rings (SSSR count). The van der Waals surface area contributed by atoms with Crippen LogP contribution >= 0.6 is 0 Å². The first kappa shape index (κ1) is 14.3. The number of para-hydroxylation sites is 1. The fourth-order valence-electron chi connectivity index (χ4n) is 2.56. The van der Waals surface area contributed by atoms with E-state index in [2.05, 4.69) is 10.3 Å². The zero-order valence-corrected chi connectivity index (χ0v) is 12.0. The minimum Gasteiger partial charge on any atom is -0.426 e. The van der Waals surface area contributed by atoms with Gasteiger partial charge in [-0.15, -0.1) is 0 Å². The van der Waals surface area contributed by atoms with Crippen LogP contribution in [0.5, 0.6) is 5.75 Å². The van der Waals surface area contributed by atoms with Gasteiger partial charge in [-0.1, -0.05) is 24.3 Å². The molecule has 1 aliphatic heterocycles. The lowest BCUT2D eigenvalue weighted by molar-refractivity contribution is -0.136. The average Bonchev–Trinajstić information content (AvgIpc) is 2.54. The largest absolute Gasteiger partial charge is 0.426 e. The van der Waals surface area contributed by atoms with E-state index in [1.165, 1.54) is 0 Å². The highest BCUT2D eigenvalue weighted by atomic mass is 16.5. The van der Waals surface area contributed by atoms with Crippen molar-refractivity contribution in [1.82, 2.24) is 10.3 Å². The zero-order valence-electron chi connectivity index (χ0n) is 12.0. The lowest BCUT2D eigenvalue weighted by atomic mass is 9.89. The minimum atomic E-state index is -0.291. The highest BCUT2D eigenvalue weighted by Crippen LogP contribution is 2.35. The normalized spacial score (nSPS) is 16.5. The molecule has 22 heavy (non-hydrogen) atoms. The van der Waals surface area contributed by atoms with Gasteiger partial charge >= 0.3 is 5.97 Å². The van der Waals surface area contributed by atoms with Crippen molar-refractivity contribution in [1.29, 1.82) is 0 Å². The number of carbonyl (C=O) groups excluding carboxylic acids is 2. The molecule has 0 unspecified atom stereocenters. The summed E-state index contributed by atoms with van der Waals surface area (Å²) < 4.78 is 5.19. The van der Waals surface area contributed by atoms with Gasteiger partial charge in [0, 0.05) is 18.5 Å². The number of carbonyl (C=O) groups is 2. The molecule has 5 heteroatoms. The zero-order chi connectivity index (χ0) is 15.4. The topological polar surface area (TPSA) is 68.3 Å². The summed E-state index contributed by atoms with van der Waals surface area (Å²) in [5, 5.41) is 2.84. The van der Waals surface area contributed by atoms with Gasteiger partial charge in [0.15, 0.2) is 0 Å². The van der Waals surface area contributed by atoms with Crippen molar-refractivity contribution in [3.8, 4) is 5.75 Å². The van der Waals surface area contributed by atoms with Gasteiger partial charge in [-0.05, 0) is 23.8 Å². The van der Waals surface area contributed by atoms with Gasteiger partial charge in [0.1, 0.15) is 5.75 Å². The molecule has 1 amide bonds. The third kappa shape index (κ3) is 3.31. The predicted octanol–water partition coefficient (Wildman–Crippen LogP) is 2.18. The van der Waals surface area contributed by atoms with E-state index in [1.54, 1.807) is 12.3 Å². The van der Waals surface area contributed by atoms with Crippen LogP contribution in [-0.2, 0) is 16.1 Å². The second-order valence-corrected chi connectivity index (χ2v) is 5.21. The van der Waals surface area contributed by atoms with Crippen molar-refractivity contribution in [2.75, 3.05) is 0 Å². The first-order chi connectivity index (χ1) is 10.7. The van der Waals surface area contributed by atoms with Crippen LogP contribution in [0.3, 0.4) is 0 Å². The van der Waals surface area contributed by atoms with Crippen molar-refractivity contribution in [2.45, 2.75) is 25.3 Å². The summed E-state index contributed by atoms with van der Waals surface area (Å²) in [5.41, 5.74) is 1.72. The fourth-order valence-corrected chi connectivity index (χ4v) is 2.56. The Balaban J connectivity index is 1.63. The van der Waals surface area contributed by atoms with Gasteiger partial charge in [0.05, 0.1) is 18.7 Å². The van der Waals surface area contributed by atoms with E-state index in [0.717, 1.165) is 11.3 Å². The third-order valence-corrected chi connectivity index (χ3v) is 3.62. The Labute approximate surface area is 128 Å². The molecule has 0 aliphatic carbocycles. The number of nitrogens with one attached hydrogen (secondary N) is 1. The standard InChI is InChI=1S/C17H16N2O3/c20-16(19-11-13-5-3-4-8-18-13)9-12-10-17(21)22-15-7-2-1-6-14(12)15/h1-8,12H,9-11H2,(H,19,20)/t12-/m1/s1. The molecule has 0 fully saturated rings. The maximum atomic E-state index is 12.1. The number of esters is 1. The molecule has 2 aromatic rings. The maximum Gasteiger partial charge on any atom is 0.311 e. The molecular weight excluding hydrogens is 280 g/mol. The van der Waals surface area contributed by atoms with Crippen LogP contribution in [-0.4, -0.2) is 16.9 Å². The summed E-state index contributed by atoms with van der Waals surface area (Å²) >= 11 is 0. The summed E-state index contributed by atoms with van der Waals surface area (Å²) in [4.78, 5) is 27.9. The molecule has 5 nitrogen and oxygen atoms in total. The summed E-state index contributed by atoms with van der Waals surface area (Å²) in [5.74, 6) is 0.0313. The van der Waals surface area contributed by atoms with Crippen molar-refractivity contribution in [3.05, 3.63) is 59.9 Å². The summed E-state index contributed by atoms with van der Waals surface area (Å²) in [6.07, 6.45) is 2.18. The highest BCUT2D eigenvalue weighted by Gasteiger charge is 2.28. The smallest absolute Gasteiger partial charge is 0.311 e. The van der Waals surface area contributed by atoms with E-state index in [4.69, 9.17) is 4.74 Å². The Kier molecular flexibility index (Phi) is 4.14. The Hall–Kier alpha value is -2.69.